The van der Waals surface area contributed by atoms with Crippen molar-refractivity contribution in [2.75, 3.05) is 0 Å². The molecule has 2 aromatic rings. The average molecular weight is 309 g/mol. The largest absolute Gasteiger partial charge is 0.477 e. The Kier molecular flexibility index (Phi) is 4.10. The van der Waals surface area contributed by atoms with Crippen molar-refractivity contribution in [3.63, 3.8) is 0 Å². The fourth-order valence-electron chi connectivity index (χ4n) is 2.09. The van der Waals surface area contributed by atoms with Crippen molar-refractivity contribution in [1.82, 2.24) is 14.7 Å². The lowest BCUT2D eigenvalue weighted by Gasteiger charge is -2.07. The molecule has 0 aliphatic rings. The third-order valence-corrected chi connectivity index (χ3v) is 4.69. The Morgan fingerprint density at radius 3 is 2.62 bits per heavy atom. The highest BCUT2D eigenvalue weighted by atomic mass is 32.2. The number of pyridine rings is 1. The molecule has 0 spiro atoms. The molecule has 3 N–H and O–H groups in total. The van der Waals surface area contributed by atoms with Gasteiger partial charge >= 0.3 is 5.97 Å². The fraction of sp³-hybridized carbons (Fsp3) is 0.231. The summed E-state index contributed by atoms with van der Waals surface area (Å²) in [6.45, 7) is 3.02. The van der Waals surface area contributed by atoms with Crippen molar-refractivity contribution in [2.24, 2.45) is 0 Å². The molecular weight excluding hydrogens is 294 g/mol. The average Bonchev–Trinajstić information content (AvgIpc) is 2.74. The summed E-state index contributed by atoms with van der Waals surface area (Å²) in [4.78, 5) is 17.6. The smallest absolute Gasteiger partial charge is 0.352 e. The topological polar surface area (TPSA) is 112 Å². The Morgan fingerprint density at radius 1 is 1.38 bits per heavy atom. The molecule has 0 radical (unpaired) electrons. The molecule has 0 amide bonds. The highest BCUT2D eigenvalue weighted by Gasteiger charge is 2.26. The van der Waals surface area contributed by atoms with E-state index in [1.165, 1.54) is 13.8 Å². The van der Waals surface area contributed by atoms with Crippen LogP contribution in [0.25, 0.3) is 0 Å². The van der Waals surface area contributed by atoms with Gasteiger partial charge in [0.15, 0.2) is 0 Å². The number of nitrogens with one attached hydrogen (secondary N) is 2. The van der Waals surface area contributed by atoms with Gasteiger partial charge in [-0.1, -0.05) is 6.07 Å². The number of carboxylic acid groups (broad SMARTS) is 1. The summed E-state index contributed by atoms with van der Waals surface area (Å²) in [5.41, 5.74) is 0.933. The molecule has 0 saturated carbocycles. The van der Waals surface area contributed by atoms with Gasteiger partial charge in [0.25, 0.3) is 0 Å². The number of carboxylic acids is 1. The zero-order chi connectivity index (χ0) is 15.6. The Hall–Kier alpha value is -2.19. The van der Waals surface area contributed by atoms with E-state index in [1.54, 1.807) is 24.4 Å². The van der Waals surface area contributed by atoms with E-state index in [4.69, 9.17) is 5.11 Å². The van der Waals surface area contributed by atoms with Crippen LogP contribution in [0.15, 0.2) is 29.3 Å². The molecule has 0 unspecified atom stereocenters. The first kappa shape index (κ1) is 15.2. The summed E-state index contributed by atoms with van der Waals surface area (Å²) in [7, 11) is -3.82. The van der Waals surface area contributed by atoms with Gasteiger partial charge in [0.05, 0.1) is 12.2 Å². The van der Waals surface area contributed by atoms with Gasteiger partial charge < -0.3 is 10.1 Å². The normalized spacial score (nSPS) is 11.5. The van der Waals surface area contributed by atoms with Crippen LogP contribution in [0.2, 0.25) is 0 Å². The molecule has 0 saturated heterocycles. The molecule has 0 aliphatic heterocycles. The number of aromatic nitrogens is 2. The molecule has 0 aromatic carbocycles. The Bertz CT molecular complexity index is 766. The van der Waals surface area contributed by atoms with Gasteiger partial charge in [-0.15, -0.1) is 0 Å². The molecule has 21 heavy (non-hydrogen) atoms. The van der Waals surface area contributed by atoms with E-state index in [0.717, 1.165) is 0 Å². The highest BCUT2D eigenvalue weighted by molar-refractivity contribution is 7.89. The van der Waals surface area contributed by atoms with Crippen molar-refractivity contribution in [2.45, 2.75) is 25.3 Å². The summed E-state index contributed by atoms with van der Waals surface area (Å²) in [5, 5.41) is 9.02. The van der Waals surface area contributed by atoms with Gasteiger partial charge in [-0.05, 0) is 26.0 Å². The van der Waals surface area contributed by atoms with Crippen molar-refractivity contribution >= 4 is 16.0 Å². The number of aromatic amines is 1. The predicted octanol–water partition coefficient (Wildman–Crippen LogP) is 1.20. The lowest BCUT2D eigenvalue weighted by Crippen LogP contribution is -2.24. The maximum Gasteiger partial charge on any atom is 0.352 e. The molecule has 112 valence electrons. The summed E-state index contributed by atoms with van der Waals surface area (Å²) >= 11 is 0. The third-order valence-electron chi connectivity index (χ3n) is 3.02. The van der Waals surface area contributed by atoms with Gasteiger partial charge in [-0.3, -0.25) is 4.98 Å². The lowest BCUT2D eigenvalue weighted by atomic mass is 10.2. The lowest BCUT2D eigenvalue weighted by molar-refractivity contribution is 0.0690. The quantitative estimate of drug-likeness (QED) is 0.768. The molecule has 0 aliphatic carbocycles. The molecule has 0 atom stereocenters. The maximum atomic E-state index is 12.3. The van der Waals surface area contributed by atoms with Crippen LogP contribution in [-0.2, 0) is 16.6 Å². The minimum Gasteiger partial charge on any atom is -0.477 e. The first-order chi connectivity index (χ1) is 9.83. The van der Waals surface area contributed by atoms with E-state index in [0.29, 0.717) is 11.4 Å². The van der Waals surface area contributed by atoms with E-state index in [1.807, 2.05) is 0 Å². The molecule has 8 heteroatoms. The highest BCUT2D eigenvalue weighted by Crippen LogP contribution is 2.23. The molecular formula is C13H15N3O4S. The number of hydrogen-bond acceptors (Lipinski definition) is 4. The van der Waals surface area contributed by atoms with Crippen molar-refractivity contribution in [3.8, 4) is 0 Å². The zero-order valence-corrected chi connectivity index (χ0v) is 12.4. The summed E-state index contributed by atoms with van der Waals surface area (Å²) < 4.78 is 27.1. The van der Waals surface area contributed by atoms with E-state index in [9.17, 15) is 13.2 Å². The second kappa shape index (κ2) is 5.66. The number of sulfonamides is 1. The van der Waals surface area contributed by atoms with Crippen LogP contribution in [0.3, 0.4) is 0 Å². The Labute approximate surface area is 122 Å². The van der Waals surface area contributed by atoms with Crippen LogP contribution in [-0.4, -0.2) is 29.5 Å². The molecule has 2 rings (SSSR count). The Morgan fingerprint density at radius 2 is 2.10 bits per heavy atom. The van der Waals surface area contributed by atoms with Gasteiger partial charge in [0.2, 0.25) is 10.0 Å². The maximum absolute atomic E-state index is 12.3. The van der Waals surface area contributed by atoms with E-state index in [2.05, 4.69) is 14.7 Å². The van der Waals surface area contributed by atoms with Crippen LogP contribution in [0.5, 0.6) is 0 Å². The number of aromatic carboxylic acids is 1. The second-order valence-corrected chi connectivity index (χ2v) is 6.23. The minimum absolute atomic E-state index is 0.0316. The van der Waals surface area contributed by atoms with Crippen molar-refractivity contribution < 1.29 is 18.3 Å². The molecule has 2 heterocycles. The van der Waals surface area contributed by atoms with Crippen LogP contribution < -0.4 is 4.72 Å². The number of aryl methyl sites for hydroxylation is 1. The molecule has 2 aromatic heterocycles. The standard InChI is InChI=1S/C13H15N3O4S/c1-8-11(13(17)18)16-9(2)12(8)21(19,20)15-7-10-5-3-4-6-14-10/h3-6,15-16H,7H2,1-2H3,(H,17,18). The zero-order valence-electron chi connectivity index (χ0n) is 11.5. The number of hydrogen-bond donors (Lipinski definition) is 3. The summed E-state index contributed by atoms with van der Waals surface area (Å²) in [6.07, 6.45) is 1.57. The summed E-state index contributed by atoms with van der Waals surface area (Å²) in [5.74, 6) is -1.19. The minimum atomic E-state index is -3.82. The van der Waals surface area contributed by atoms with E-state index < -0.39 is 16.0 Å². The first-order valence-corrected chi connectivity index (χ1v) is 7.63. The van der Waals surface area contributed by atoms with Crippen LogP contribution >= 0.6 is 0 Å². The predicted molar refractivity (Wildman–Crippen MR) is 75.5 cm³/mol. The van der Waals surface area contributed by atoms with Crippen LogP contribution in [0, 0.1) is 13.8 Å². The SMILES string of the molecule is Cc1[nH]c(C(=O)O)c(C)c1S(=O)(=O)NCc1ccccn1. The first-order valence-electron chi connectivity index (χ1n) is 6.15. The second-order valence-electron chi connectivity index (χ2n) is 4.53. The molecule has 7 nitrogen and oxygen atoms in total. The van der Waals surface area contributed by atoms with Gasteiger partial charge in [0, 0.05) is 17.5 Å². The molecule has 0 bridgehead atoms. The van der Waals surface area contributed by atoms with Crippen LogP contribution in [0.4, 0.5) is 0 Å². The third kappa shape index (κ3) is 3.11. The molecule has 0 fully saturated rings. The van der Waals surface area contributed by atoms with Crippen molar-refractivity contribution in [1.29, 1.82) is 0 Å². The number of carbonyl (C=O) groups is 1. The van der Waals surface area contributed by atoms with E-state index in [-0.39, 0.29) is 22.7 Å². The number of H-pyrrole nitrogens is 1. The number of rotatable bonds is 5. The van der Waals surface area contributed by atoms with Crippen LogP contribution in [0.1, 0.15) is 27.4 Å². The van der Waals surface area contributed by atoms with Gasteiger partial charge in [-0.25, -0.2) is 17.9 Å². The van der Waals surface area contributed by atoms with Crippen molar-refractivity contribution in [3.05, 3.63) is 47.0 Å². The van der Waals surface area contributed by atoms with Gasteiger partial charge in [0.1, 0.15) is 10.6 Å². The monoisotopic (exact) mass is 309 g/mol. The Balaban J connectivity index is 2.30. The van der Waals surface area contributed by atoms with Gasteiger partial charge in [-0.2, -0.15) is 0 Å². The van der Waals surface area contributed by atoms with E-state index >= 15 is 0 Å². The number of nitrogens with zero attached hydrogens (tertiary/aromatic N) is 1. The fourth-order valence-corrected chi connectivity index (χ4v) is 3.54. The summed E-state index contributed by atoms with van der Waals surface area (Å²) in [6, 6.07) is 5.19.